The molecule has 2 rings (SSSR count). The van der Waals surface area contributed by atoms with Gasteiger partial charge in [0.05, 0.1) is 6.61 Å². The monoisotopic (exact) mass is 286 g/mol. The molecule has 0 aliphatic rings. The first-order valence-electron chi connectivity index (χ1n) is 7.82. The lowest BCUT2D eigenvalue weighted by Gasteiger charge is -2.23. The van der Waals surface area contributed by atoms with Crippen LogP contribution in [0.3, 0.4) is 0 Å². The maximum atomic E-state index is 5.66. The topological polar surface area (TPSA) is 18.5 Å². The first-order chi connectivity index (χ1) is 10.1. The van der Waals surface area contributed by atoms with Crippen molar-refractivity contribution in [3.05, 3.63) is 48.0 Å². The lowest BCUT2D eigenvalue weighted by molar-refractivity contribution is -0.339. The Morgan fingerprint density at radius 2 is 1.71 bits per heavy atom. The van der Waals surface area contributed by atoms with E-state index in [1.54, 1.807) is 0 Å². The maximum absolute atomic E-state index is 5.66. The third-order valence-corrected chi connectivity index (χ3v) is 4.11. The highest BCUT2D eigenvalue weighted by molar-refractivity contribution is 5.83. The van der Waals surface area contributed by atoms with E-state index in [0.29, 0.717) is 6.61 Å². The summed E-state index contributed by atoms with van der Waals surface area (Å²) in [6.07, 6.45) is 1.95. The molecule has 2 aromatic carbocycles. The Hall–Kier alpha value is -1.38. The molecule has 0 spiro atoms. The molecule has 0 amide bonds. The van der Waals surface area contributed by atoms with Gasteiger partial charge in [0, 0.05) is 0 Å². The second-order valence-corrected chi connectivity index (χ2v) is 6.38. The van der Waals surface area contributed by atoms with Crippen molar-refractivity contribution in [2.75, 3.05) is 6.61 Å². The highest BCUT2D eigenvalue weighted by atomic mass is 17.2. The minimum absolute atomic E-state index is 0.0118. The molecule has 0 aliphatic heterocycles. The zero-order chi connectivity index (χ0) is 15.3. The summed E-state index contributed by atoms with van der Waals surface area (Å²) < 4.78 is 0. The Labute approximate surface area is 128 Å². The molecule has 0 saturated carbocycles. The average molecular weight is 286 g/mol. The molecule has 1 atom stereocenters. The van der Waals surface area contributed by atoms with Gasteiger partial charge in [-0.05, 0) is 40.7 Å². The molecule has 21 heavy (non-hydrogen) atoms. The summed E-state index contributed by atoms with van der Waals surface area (Å²) in [5.74, 6) is 0. The van der Waals surface area contributed by atoms with Gasteiger partial charge in [-0.3, -0.25) is 0 Å². The van der Waals surface area contributed by atoms with Crippen molar-refractivity contribution in [2.24, 2.45) is 5.41 Å². The Kier molecular flexibility index (Phi) is 5.38. The SMILES string of the molecule is CCC(OOCC(C)(C)CC)c1ccc2ccccc2c1. The molecular weight excluding hydrogens is 260 g/mol. The third-order valence-electron chi connectivity index (χ3n) is 4.11. The van der Waals surface area contributed by atoms with Crippen molar-refractivity contribution in [3.8, 4) is 0 Å². The van der Waals surface area contributed by atoms with Crippen molar-refractivity contribution in [3.63, 3.8) is 0 Å². The first-order valence-corrected chi connectivity index (χ1v) is 7.82. The largest absolute Gasteiger partial charge is 0.236 e. The molecule has 2 heteroatoms. The molecular formula is C19H26O2. The first kappa shape index (κ1) is 16.0. The lowest BCUT2D eigenvalue weighted by atomic mass is 9.92. The van der Waals surface area contributed by atoms with E-state index in [-0.39, 0.29) is 11.5 Å². The minimum Gasteiger partial charge on any atom is -0.236 e. The molecule has 0 heterocycles. The molecule has 0 N–H and O–H groups in total. The fourth-order valence-corrected chi connectivity index (χ4v) is 2.15. The van der Waals surface area contributed by atoms with Crippen LogP contribution in [0.5, 0.6) is 0 Å². The fourth-order valence-electron chi connectivity index (χ4n) is 2.15. The molecule has 0 aliphatic carbocycles. The van der Waals surface area contributed by atoms with Crippen LogP contribution in [-0.2, 0) is 9.78 Å². The van der Waals surface area contributed by atoms with Crippen molar-refractivity contribution in [1.82, 2.24) is 0 Å². The van der Waals surface area contributed by atoms with Gasteiger partial charge < -0.3 is 0 Å². The molecule has 1 unspecified atom stereocenters. The number of rotatable bonds is 7. The Morgan fingerprint density at radius 3 is 2.38 bits per heavy atom. The summed E-state index contributed by atoms with van der Waals surface area (Å²) in [5, 5.41) is 2.50. The van der Waals surface area contributed by atoms with Gasteiger partial charge in [-0.1, -0.05) is 64.1 Å². The Bertz CT molecular complexity index is 575. The highest BCUT2D eigenvalue weighted by Gasteiger charge is 2.18. The molecule has 2 nitrogen and oxygen atoms in total. The highest BCUT2D eigenvalue weighted by Crippen LogP contribution is 2.27. The quantitative estimate of drug-likeness (QED) is 0.482. The van der Waals surface area contributed by atoms with Gasteiger partial charge in [-0.15, -0.1) is 0 Å². The molecule has 0 fully saturated rings. The van der Waals surface area contributed by atoms with Crippen LogP contribution in [0.25, 0.3) is 10.8 Å². The number of hydrogen-bond donors (Lipinski definition) is 0. The standard InChI is InChI=1S/C19H26O2/c1-5-18(21-20-14-19(3,4)6-2)17-12-11-15-9-7-8-10-16(15)13-17/h7-13,18H,5-6,14H2,1-4H3. The van der Waals surface area contributed by atoms with Gasteiger partial charge in [0.1, 0.15) is 6.10 Å². The van der Waals surface area contributed by atoms with Gasteiger partial charge in [0.25, 0.3) is 0 Å². The molecule has 0 aromatic heterocycles. The van der Waals surface area contributed by atoms with Crippen molar-refractivity contribution in [2.45, 2.75) is 46.6 Å². The van der Waals surface area contributed by atoms with E-state index >= 15 is 0 Å². The van der Waals surface area contributed by atoms with E-state index in [9.17, 15) is 0 Å². The average Bonchev–Trinajstić information content (AvgIpc) is 2.51. The van der Waals surface area contributed by atoms with Crippen molar-refractivity contribution in [1.29, 1.82) is 0 Å². The zero-order valence-corrected chi connectivity index (χ0v) is 13.6. The third kappa shape index (κ3) is 4.29. The van der Waals surface area contributed by atoms with E-state index in [4.69, 9.17) is 9.78 Å². The van der Waals surface area contributed by atoms with Gasteiger partial charge in [-0.2, -0.15) is 0 Å². The van der Waals surface area contributed by atoms with Crippen LogP contribution in [0.15, 0.2) is 42.5 Å². The number of fused-ring (bicyclic) bond motifs is 1. The summed E-state index contributed by atoms with van der Waals surface area (Å²) in [6.45, 7) is 9.28. The fraction of sp³-hybridized carbons (Fsp3) is 0.474. The van der Waals surface area contributed by atoms with Crippen LogP contribution in [0, 0.1) is 5.41 Å². The van der Waals surface area contributed by atoms with E-state index in [2.05, 4.69) is 70.2 Å². The smallest absolute Gasteiger partial charge is 0.118 e. The predicted octanol–water partition coefficient (Wildman–Crippen LogP) is 5.68. The van der Waals surface area contributed by atoms with E-state index in [1.165, 1.54) is 16.3 Å². The summed E-state index contributed by atoms with van der Waals surface area (Å²) in [5.41, 5.74) is 1.33. The molecule has 0 saturated heterocycles. The van der Waals surface area contributed by atoms with Gasteiger partial charge in [0.2, 0.25) is 0 Å². The van der Waals surface area contributed by atoms with Gasteiger partial charge in [-0.25, -0.2) is 9.78 Å². The van der Waals surface area contributed by atoms with Gasteiger partial charge in [0.15, 0.2) is 0 Å². The summed E-state index contributed by atoms with van der Waals surface area (Å²) >= 11 is 0. The maximum Gasteiger partial charge on any atom is 0.118 e. The van der Waals surface area contributed by atoms with Crippen molar-refractivity contribution >= 4 is 10.8 Å². The van der Waals surface area contributed by atoms with Crippen LogP contribution >= 0.6 is 0 Å². The summed E-state index contributed by atoms with van der Waals surface area (Å²) in [7, 11) is 0. The number of hydrogen-bond acceptors (Lipinski definition) is 2. The lowest BCUT2D eigenvalue weighted by Crippen LogP contribution is -2.19. The van der Waals surface area contributed by atoms with Crippen LogP contribution in [0.2, 0.25) is 0 Å². The van der Waals surface area contributed by atoms with E-state index in [1.807, 2.05) is 0 Å². The predicted molar refractivity (Wildman–Crippen MR) is 88.1 cm³/mol. The molecule has 0 radical (unpaired) electrons. The summed E-state index contributed by atoms with van der Waals surface area (Å²) in [6, 6.07) is 14.9. The van der Waals surface area contributed by atoms with E-state index in [0.717, 1.165) is 12.8 Å². The second-order valence-electron chi connectivity index (χ2n) is 6.38. The van der Waals surface area contributed by atoms with Crippen LogP contribution in [0.1, 0.15) is 52.2 Å². The Morgan fingerprint density at radius 1 is 1.00 bits per heavy atom. The van der Waals surface area contributed by atoms with E-state index < -0.39 is 0 Å². The Balaban J connectivity index is 2.05. The molecule has 0 bridgehead atoms. The normalized spacial score (nSPS) is 13.5. The second kappa shape index (κ2) is 7.06. The minimum atomic E-state index is -0.0118. The molecule has 2 aromatic rings. The molecule has 114 valence electrons. The van der Waals surface area contributed by atoms with Crippen LogP contribution in [-0.4, -0.2) is 6.61 Å². The van der Waals surface area contributed by atoms with Crippen LogP contribution < -0.4 is 0 Å². The van der Waals surface area contributed by atoms with Gasteiger partial charge >= 0.3 is 0 Å². The van der Waals surface area contributed by atoms with Crippen molar-refractivity contribution < 1.29 is 9.78 Å². The zero-order valence-electron chi connectivity index (χ0n) is 13.6. The summed E-state index contributed by atoms with van der Waals surface area (Å²) in [4.78, 5) is 11.2. The number of benzene rings is 2. The van der Waals surface area contributed by atoms with Crippen LogP contribution in [0.4, 0.5) is 0 Å².